The molecule has 1 saturated heterocycles. The van der Waals surface area contributed by atoms with Crippen LogP contribution in [0.25, 0.3) is 0 Å². The number of ketones is 2. The van der Waals surface area contributed by atoms with Gasteiger partial charge < -0.3 is 36.3 Å². The third kappa shape index (κ3) is 9.11. The van der Waals surface area contributed by atoms with E-state index in [4.69, 9.17) is 15.2 Å². The van der Waals surface area contributed by atoms with E-state index in [0.717, 1.165) is 74.9 Å². The number of carbonyl (C=O) groups excluding carboxylic acids is 3. The molecule has 1 aromatic carbocycles. The van der Waals surface area contributed by atoms with Crippen LogP contribution >= 0.6 is 0 Å². The van der Waals surface area contributed by atoms with Crippen molar-refractivity contribution < 1.29 is 29.0 Å². The first-order valence-corrected chi connectivity index (χ1v) is 23.8. The number of epoxide rings is 1. The van der Waals surface area contributed by atoms with E-state index < -0.39 is 28.7 Å². The predicted octanol–water partition coefficient (Wildman–Crippen LogP) is 7.77. The van der Waals surface area contributed by atoms with Gasteiger partial charge in [-0.05, 0) is 135 Å². The molecule has 8 rings (SSSR count). The number of rotatable bonds is 18. The van der Waals surface area contributed by atoms with Gasteiger partial charge >= 0.3 is 5.97 Å². The van der Waals surface area contributed by atoms with Crippen molar-refractivity contribution in [1.29, 1.82) is 0 Å². The number of pyridine rings is 2. The molecule has 1 saturated carbocycles. The zero-order chi connectivity index (χ0) is 46.0. The highest BCUT2D eigenvalue weighted by atomic mass is 16.7. The normalized spacial score (nSPS) is 26.0. The summed E-state index contributed by atoms with van der Waals surface area (Å²) < 4.78 is 12.8. The molecule has 3 heterocycles. The summed E-state index contributed by atoms with van der Waals surface area (Å²) in [6.45, 7) is 9.32. The molecule has 3 aromatic rings. The summed E-state index contributed by atoms with van der Waals surface area (Å²) >= 11 is 0. The summed E-state index contributed by atoms with van der Waals surface area (Å²) in [7, 11) is 1.88. The lowest BCUT2D eigenvalue weighted by Gasteiger charge is -2.39. The lowest BCUT2D eigenvalue weighted by atomic mass is 9.65. The van der Waals surface area contributed by atoms with Crippen molar-refractivity contribution in [3.05, 3.63) is 118 Å². The highest BCUT2D eigenvalue weighted by molar-refractivity contribution is 6.33. The lowest BCUT2D eigenvalue weighted by Crippen LogP contribution is -2.52. The number of nitrogens with one attached hydrogen (secondary N) is 3. The third-order valence-corrected chi connectivity index (χ3v) is 14.9. The maximum Gasteiger partial charge on any atom is 0.350 e. The van der Waals surface area contributed by atoms with Gasteiger partial charge in [0.15, 0.2) is 11.4 Å². The van der Waals surface area contributed by atoms with Gasteiger partial charge in [-0.15, -0.1) is 0 Å². The molecule has 12 heteroatoms. The number of carbonyl (C=O) groups is 3. The minimum absolute atomic E-state index is 0.0204. The van der Waals surface area contributed by atoms with Gasteiger partial charge in [0.2, 0.25) is 5.78 Å². The molecule has 12 nitrogen and oxygen atoms in total. The van der Waals surface area contributed by atoms with Crippen LogP contribution in [-0.2, 0) is 32.5 Å². The highest BCUT2D eigenvalue weighted by Gasteiger charge is 2.86. The molecule has 346 valence electrons. The number of allylic oxidation sites excluding steroid dienone is 4. The summed E-state index contributed by atoms with van der Waals surface area (Å²) in [4.78, 5) is 54.6. The fourth-order valence-electron chi connectivity index (χ4n) is 11.6. The smallest absolute Gasteiger partial charge is 0.350 e. The number of nitrogen functional groups attached to an aromatic ring is 1. The third-order valence-electron chi connectivity index (χ3n) is 14.9. The van der Waals surface area contributed by atoms with E-state index in [1.807, 2.05) is 38.4 Å². The van der Waals surface area contributed by atoms with Gasteiger partial charge in [0.25, 0.3) is 5.60 Å². The van der Waals surface area contributed by atoms with Crippen molar-refractivity contribution in [2.75, 3.05) is 44.5 Å². The molecule has 5 unspecified atom stereocenters. The van der Waals surface area contributed by atoms with E-state index in [0.29, 0.717) is 48.8 Å². The SMILES string of the molecule is CCNC1C=C2C=CCCC2CC1COC(=O)C12OC1(CC(CO)=C(C)CC1(c3ccnc(NCNC)c3)CCCCC1)C(=O)c1cccc(CC(C)(C)Cc3ccc(N)nc3)c1C2=O. The Bertz CT molecular complexity index is 2370. The largest absolute Gasteiger partial charge is 0.463 e. The Morgan fingerprint density at radius 1 is 1.05 bits per heavy atom. The van der Waals surface area contributed by atoms with Crippen LogP contribution < -0.4 is 21.7 Å². The Balaban J connectivity index is 1.14. The van der Waals surface area contributed by atoms with Crippen molar-refractivity contribution in [2.45, 2.75) is 127 Å². The summed E-state index contributed by atoms with van der Waals surface area (Å²) in [5.41, 5.74) is 7.31. The van der Waals surface area contributed by atoms with Crippen LogP contribution in [-0.4, -0.2) is 83.3 Å². The maximum absolute atomic E-state index is 15.5. The van der Waals surface area contributed by atoms with Crippen LogP contribution in [0.1, 0.15) is 129 Å². The number of nitrogens with two attached hydrogens (primary N) is 1. The number of ether oxygens (including phenoxy) is 2. The van der Waals surface area contributed by atoms with Gasteiger partial charge in [-0.2, -0.15) is 0 Å². The van der Waals surface area contributed by atoms with Gasteiger partial charge in [0.1, 0.15) is 11.6 Å². The van der Waals surface area contributed by atoms with Gasteiger partial charge in [-0.25, -0.2) is 14.8 Å². The first kappa shape index (κ1) is 46.5. The van der Waals surface area contributed by atoms with E-state index in [9.17, 15) is 5.11 Å². The second kappa shape index (κ2) is 19.1. The molecule has 5 atom stereocenters. The second-order valence-corrected chi connectivity index (χ2v) is 20.1. The molecule has 0 bridgehead atoms. The zero-order valence-corrected chi connectivity index (χ0v) is 38.9. The number of anilines is 2. The second-order valence-electron chi connectivity index (χ2n) is 20.1. The molecule has 1 aliphatic heterocycles. The molecule has 2 aromatic heterocycles. The Hall–Kier alpha value is -5.01. The summed E-state index contributed by atoms with van der Waals surface area (Å²) in [6.07, 6.45) is 20.0. The fraction of sp³-hybridized carbons (Fsp3) is 0.528. The van der Waals surface area contributed by atoms with Crippen LogP contribution in [0.5, 0.6) is 0 Å². The maximum atomic E-state index is 15.5. The number of nitrogens with zero attached hydrogens (tertiary/aromatic N) is 2. The fourth-order valence-corrected chi connectivity index (χ4v) is 11.6. The molecular weight excluding hydrogens is 817 g/mol. The summed E-state index contributed by atoms with van der Waals surface area (Å²) in [5, 5.41) is 21.3. The topological polar surface area (TPSA) is 181 Å². The number of aliphatic hydroxyl groups excluding tert-OH is 1. The quantitative estimate of drug-likeness (QED) is 0.0276. The number of fused-ring (bicyclic) bond motifs is 3. The minimum Gasteiger partial charge on any atom is -0.463 e. The minimum atomic E-state index is -2.20. The van der Waals surface area contributed by atoms with E-state index in [-0.39, 0.29) is 53.6 Å². The number of esters is 1. The van der Waals surface area contributed by atoms with Gasteiger partial charge in [-0.3, -0.25) is 9.59 Å². The Kier molecular flexibility index (Phi) is 13.6. The van der Waals surface area contributed by atoms with Crippen molar-refractivity contribution in [3.8, 4) is 0 Å². The summed E-state index contributed by atoms with van der Waals surface area (Å²) in [5.74, 6) is -0.273. The Morgan fingerprint density at radius 2 is 1.86 bits per heavy atom. The number of aromatic nitrogens is 2. The molecule has 4 aliphatic carbocycles. The van der Waals surface area contributed by atoms with Crippen molar-refractivity contribution in [1.82, 2.24) is 20.6 Å². The molecule has 5 aliphatic rings. The van der Waals surface area contributed by atoms with E-state index in [1.54, 1.807) is 18.3 Å². The highest BCUT2D eigenvalue weighted by Crippen LogP contribution is 2.60. The van der Waals surface area contributed by atoms with Crippen molar-refractivity contribution in [2.24, 2.45) is 17.3 Å². The number of hydrogen-bond acceptors (Lipinski definition) is 12. The number of hydrogen-bond donors (Lipinski definition) is 5. The first-order valence-electron chi connectivity index (χ1n) is 23.8. The molecule has 0 amide bonds. The van der Waals surface area contributed by atoms with Crippen LogP contribution in [0.15, 0.2) is 89.8 Å². The molecule has 6 N–H and O–H groups in total. The first-order chi connectivity index (χ1) is 31.3. The molecular formula is C53H68N6O6. The van der Waals surface area contributed by atoms with Crippen LogP contribution in [0.3, 0.4) is 0 Å². The Labute approximate surface area is 384 Å². The zero-order valence-electron chi connectivity index (χ0n) is 38.9. The predicted molar refractivity (Wildman–Crippen MR) is 254 cm³/mol. The van der Waals surface area contributed by atoms with E-state index in [2.05, 4.69) is 77.1 Å². The summed E-state index contributed by atoms with van der Waals surface area (Å²) in [6, 6.07) is 13.3. The number of Topliss-reactive ketones (excluding diaryl/α,β-unsaturated/α-hetero) is 2. The van der Waals surface area contributed by atoms with Crippen LogP contribution in [0.4, 0.5) is 11.6 Å². The van der Waals surface area contributed by atoms with Crippen molar-refractivity contribution in [3.63, 3.8) is 0 Å². The molecule has 0 radical (unpaired) electrons. The number of benzene rings is 1. The molecule has 65 heavy (non-hydrogen) atoms. The standard InChI is InChI=1S/C53H68N6O6/c1-6-56-43-24-37-14-9-8-13-36(37)23-39(43)32-64-49(63)53-48(62)46-38(28-50(3,4)27-35-17-18-44(54)58-30-35)15-12-16-42(46)47(61)52(53,65-53)29-40(31-60)34(2)26-51(20-10-7-11-21-51)41-19-22-57-45(25-41)59-33-55-5/h9,12,14-19,22,24-25,30,36,39,43,55-56,60H,6-8,10-11,13,20-21,23,26-29,31-33H2,1-5H3,(H2,54,58)(H,57,59). The van der Waals surface area contributed by atoms with Crippen molar-refractivity contribution >= 4 is 29.2 Å². The average Bonchev–Trinajstić information content (AvgIpc) is 4.01. The van der Waals surface area contributed by atoms with Gasteiger partial charge in [0, 0.05) is 41.9 Å². The van der Waals surface area contributed by atoms with E-state index >= 15 is 14.4 Å². The van der Waals surface area contributed by atoms with Gasteiger partial charge in [-0.1, -0.05) is 88.1 Å². The number of likely N-dealkylation sites (N-methyl/N-ethyl adjacent to an activating group) is 1. The average molecular weight is 885 g/mol. The van der Waals surface area contributed by atoms with Crippen LogP contribution in [0.2, 0.25) is 0 Å². The molecule has 0 spiro atoms. The monoisotopic (exact) mass is 885 g/mol. The van der Waals surface area contributed by atoms with Gasteiger partial charge in [0.05, 0.1) is 19.9 Å². The lowest BCUT2D eigenvalue weighted by molar-refractivity contribution is -0.150. The number of aliphatic hydroxyl groups is 1. The Morgan fingerprint density at radius 3 is 2.60 bits per heavy atom. The van der Waals surface area contributed by atoms with E-state index in [1.165, 1.54) is 11.1 Å². The molecule has 2 fully saturated rings. The van der Waals surface area contributed by atoms with Crippen LogP contribution in [0, 0.1) is 17.3 Å².